The Kier molecular flexibility index (Phi) is 15.5. The summed E-state index contributed by atoms with van der Waals surface area (Å²) in [6, 6.07) is 9.16. The van der Waals surface area contributed by atoms with Crippen LogP contribution in [0.1, 0.15) is 75.8 Å². The molecule has 8 heteroatoms. The Balaban J connectivity index is 1.79. The van der Waals surface area contributed by atoms with E-state index in [-0.39, 0.29) is 5.97 Å². The molecular formula is C34H45NO7. The molecule has 0 saturated heterocycles. The second-order valence-electron chi connectivity index (χ2n) is 9.91. The fraction of sp³-hybridized carbons (Fsp3) is 0.471. The third-order valence-electron chi connectivity index (χ3n) is 6.70. The third kappa shape index (κ3) is 11.0. The molecule has 228 valence electrons. The predicted octanol–water partition coefficient (Wildman–Crippen LogP) is 8.15. The highest BCUT2D eigenvalue weighted by Crippen LogP contribution is 2.40. The highest BCUT2D eigenvalue weighted by atomic mass is 16.5. The highest BCUT2D eigenvalue weighted by molar-refractivity contribution is 5.87. The first-order valence-corrected chi connectivity index (χ1v) is 14.4. The van der Waals surface area contributed by atoms with Crippen LogP contribution in [0, 0.1) is 6.57 Å². The van der Waals surface area contributed by atoms with Crippen LogP contribution in [-0.2, 0) is 9.53 Å². The summed E-state index contributed by atoms with van der Waals surface area (Å²) in [5.41, 5.74) is 2.34. The molecule has 0 spiro atoms. The van der Waals surface area contributed by atoms with Crippen molar-refractivity contribution in [2.24, 2.45) is 0 Å². The Morgan fingerprint density at radius 3 is 1.81 bits per heavy atom. The molecule has 0 N–H and O–H groups in total. The second kappa shape index (κ2) is 19.1. The Bertz CT molecular complexity index is 1200. The third-order valence-corrected chi connectivity index (χ3v) is 6.70. The Morgan fingerprint density at radius 2 is 1.31 bits per heavy atom. The summed E-state index contributed by atoms with van der Waals surface area (Å²) in [7, 11) is 6.25. The van der Waals surface area contributed by atoms with Gasteiger partial charge in [0.25, 0.3) is 0 Å². The van der Waals surface area contributed by atoms with Crippen LogP contribution in [0.3, 0.4) is 0 Å². The van der Waals surface area contributed by atoms with E-state index in [0.29, 0.717) is 58.8 Å². The number of ether oxygens (including phenoxy) is 6. The largest absolute Gasteiger partial charge is 0.493 e. The van der Waals surface area contributed by atoms with E-state index in [1.165, 1.54) is 32.1 Å². The van der Waals surface area contributed by atoms with E-state index in [2.05, 4.69) is 11.4 Å². The van der Waals surface area contributed by atoms with Crippen LogP contribution >= 0.6 is 0 Å². The smallest absolute Gasteiger partial charge is 0.333 e. The Morgan fingerprint density at radius 1 is 0.762 bits per heavy atom. The van der Waals surface area contributed by atoms with Gasteiger partial charge in [0.2, 0.25) is 5.75 Å². The van der Waals surface area contributed by atoms with Gasteiger partial charge in [-0.15, -0.1) is 0 Å². The minimum atomic E-state index is -0.300. The van der Waals surface area contributed by atoms with Crippen LogP contribution in [0.2, 0.25) is 0 Å². The van der Waals surface area contributed by atoms with E-state index in [0.717, 1.165) is 31.2 Å². The number of hydrogen-bond donors (Lipinski definition) is 0. The van der Waals surface area contributed by atoms with Gasteiger partial charge in [-0.25, -0.2) is 9.64 Å². The van der Waals surface area contributed by atoms with E-state index >= 15 is 0 Å². The molecular weight excluding hydrogens is 534 g/mol. The predicted molar refractivity (Wildman–Crippen MR) is 166 cm³/mol. The van der Waals surface area contributed by atoms with E-state index in [9.17, 15) is 4.79 Å². The van der Waals surface area contributed by atoms with E-state index < -0.39 is 0 Å². The number of hydrogen-bond acceptors (Lipinski definition) is 7. The SMILES string of the molecule is [C-]#[N+]/C(=C\c1ccc(OCCCCCCCCCCCOC(=O)C(=C)C)c(OC)c1)c1cc(OC)c(OC)c(OC)c1. The molecule has 0 amide bonds. The lowest BCUT2D eigenvalue weighted by Crippen LogP contribution is -2.05. The molecule has 0 aromatic heterocycles. The molecule has 0 aliphatic heterocycles. The number of nitrogens with zero attached hydrogens (tertiary/aromatic N) is 1. The first-order chi connectivity index (χ1) is 20.4. The lowest BCUT2D eigenvalue weighted by Gasteiger charge is -2.14. The van der Waals surface area contributed by atoms with Crippen molar-refractivity contribution < 1.29 is 33.2 Å². The lowest BCUT2D eigenvalue weighted by atomic mass is 10.1. The molecule has 2 aromatic carbocycles. The van der Waals surface area contributed by atoms with Gasteiger partial charge in [-0.1, -0.05) is 57.6 Å². The molecule has 0 unspecified atom stereocenters. The summed E-state index contributed by atoms with van der Waals surface area (Å²) < 4.78 is 33.0. The fourth-order valence-corrected chi connectivity index (χ4v) is 4.37. The van der Waals surface area contributed by atoms with Gasteiger partial charge >= 0.3 is 5.97 Å². The summed E-state index contributed by atoms with van der Waals surface area (Å²) >= 11 is 0. The minimum Gasteiger partial charge on any atom is -0.493 e. The number of carbonyl (C=O) groups is 1. The molecule has 0 bridgehead atoms. The molecule has 2 rings (SSSR count). The zero-order chi connectivity index (χ0) is 30.7. The zero-order valence-electron chi connectivity index (χ0n) is 25.8. The highest BCUT2D eigenvalue weighted by Gasteiger charge is 2.16. The number of rotatable bonds is 20. The van der Waals surface area contributed by atoms with Crippen LogP contribution in [0.15, 0.2) is 42.5 Å². The second-order valence-corrected chi connectivity index (χ2v) is 9.91. The molecule has 0 aliphatic rings. The Labute approximate surface area is 251 Å². The van der Waals surface area contributed by atoms with Gasteiger partial charge in [0.1, 0.15) is 0 Å². The molecule has 0 atom stereocenters. The minimum absolute atomic E-state index is 0.300. The lowest BCUT2D eigenvalue weighted by molar-refractivity contribution is -0.139. The number of esters is 1. The molecule has 0 heterocycles. The quantitative estimate of drug-likeness (QED) is 0.0515. The molecule has 0 aliphatic carbocycles. The van der Waals surface area contributed by atoms with Crippen molar-refractivity contribution in [2.75, 3.05) is 41.7 Å². The summed E-state index contributed by atoms with van der Waals surface area (Å²) in [5.74, 6) is 2.44. The standard InChI is InChI=1S/C34H45NO7/c1-25(2)34(36)42-20-16-14-12-10-8-9-11-13-15-19-41-29-18-17-26(22-30(29)37-4)21-28(35-3)27-23-31(38-5)33(40-7)32(24-27)39-6/h17-18,21-24H,1,8-16,19-20H2,2,4-7H3/b28-21-. The summed E-state index contributed by atoms with van der Waals surface area (Å²) in [5, 5.41) is 0. The van der Waals surface area contributed by atoms with Crippen molar-refractivity contribution in [1.29, 1.82) is 0 Å². The van der Waals surface area contributed by atoms with Crippen molar-refractivity contribution in [2.45, 2.75) is 64.7 Å². The topological polar surface area (TPSA) is 76.8 Å². The van der Waals surface area contributed by atoms with E-state index in [4.69, 9.17) is 35.0 Å². The summed E-state index contributed by atoms with van der Waals surface area (Å²) in [6.45, 7) is 14.1. The van der Waals surface area contributed by atoms with Crippen LogP contribution in [0.25, 0.3) is 16.6 Å². The maximum absolute atomic E-state index is 11.3. The average molecular weight is 580 g/mol. The fourth-order valence-electron chi connectivity index (χ4n) is 4.37. The average Bonchev–Trinajstić information content (AvgIpc) is 3.01. The van der Waals surface area contributed by atoms with Crippen LogP contribution in [0.5, 0.6) is 28.7 Å². The van der Waals surface area contributed by atoms with E-state index in [1.807, 2.05) is 18.2 Å². The summed E-state index contributed by atoms with van der Waals surface area (Å²) in [4.78, 5) is 15.1. The normalized spacial score (nSPS) is 10.9. The number of benzene rings is 2. The van der Waals surface area contributed by atoms with Crippen molar-refractivity contribution in [3.8, 4) is 28.7 Å². The van der Waals surface area contributed by atoms with Crippen molar-refractivity contribution in [3.05, 3.63) is 65.0 Å². The van der Waals surface area contributed by atoms with Crippen LogP contribution < -0.4 is 23.7 Å². The molecule has 0 radical (unpaired) electrons. The van der Waals surface area contributed by atoms with E-state index in [1.54, 1.807) is 53.6 Å². The Hall–Kier alpha value is -4.12. The van der Waals surface area contributed by atoms with Crippen molar-refractivity contribution in [3.63, 3.8) is 0 Å². The van der Waals surface area contributed by atoms with Gasteiger partial charge < -0.3 is 28.4 Å². The first kappa shape index (κ1) is 34.1. The van der Waals surface area contributed by atoms with Gasteiger partial charge in [-0.2, -0.15) is 0 Å². The molecule has 0 saturated carbocycles. The molecule has 8 nitrogen and oxygen atoms in total. The van der Waals surface area contributed by atoms with Gasteiger partial charge in [0.05, 0.1) is 48.2 Å². The van der Waals surface area contributed by atoms with Crippen molar-refractivity contribution >= 4 is 17.7 Å². The number of methoxy groups -OCH3 is 4. The molecule has 2 aromatic rings. The van der Waals surface area contributed by atoms with Gasteiger partial charge in [-0.05, 0) is 61.2 Å². The number of unbranched alkanes of at least 4 members (excludes halogenated alkanes) is 8. The zero-order valence-corrected chi connectivity index (χ0v) is 25.8. The van der Waals surface area contributed by atoms with Gasteiger partial charge in [0, 0.05) is 5.57 Å². The molecule has 42 heavy (non-hydrogen) atoms. The maximum Gasteiger partial charge on any atom is 0.333 e. The first-order valence-electron chi connectivity index (χ1n) is 14.4. The maximum atomic E-state index is 11.3. The van der Waals surface area contributed by atoms with Crippen molar-refractivity contribution in [1.82, 2.24) is 0 Å². The van der Waals surface area contributed by atoms with Crippen LogP contribution in [0.4, 0.5) is 0 Å². The summed E-state index contributed by atoms with van der Waals surface area (Å²) in [6.07, 6.45) is 11.9. The van der Waals surface area contributed by atoms with Crippen LogP contribution in [-0.4, -0.2) is 47.6 Å². The monoisotopic (exact) mass is 579 g/mol. The van der Waals surface area contributed by atoms with Gasteiger partial charge in [0.15, 0.2) is 28.7 Å². The molecule has 0 fully saturated rings. The van der Waals surface area contributed by atoms with Gasteiger partial charge in [-0.3, -0.25) is 0 Å². The number of carbonyl (C=O) groups excluding carboxylic acids is 1.